The molecule has 2 heterocycles. The Hall–Kier alpha value is -0.810. The molecule has 0 amide bonds. The summed E-state index contributed by atoms with van der Waals surface area (Å²) in [5.41, 5.74) is 5.90. The summed E-state index contributed by atoms with van der Waals surface area (Å²) in [5, 5.41) is 0.656. The Morgan fingerprint density at radius 1 is 1.56 bits per heavy atom. The van der Waals surface area contributed by atoms with Crippen LogP contribution >= 0.6 is 11.8 Å². The molecule has 1 aliphatic rings. The van der Waals surface area contributed by atoms with Gasteiger partial charge in [0.15, 0.2) is 0 Å². The lowest BCUT2D eigenvalue weighted by Gasteiger charge is -2.22. The van der Waals surface area contributed by atoms with Crippen molar-refractivity contribution < 1.29 is 0 Å². The maximum Gasteiger partial charge on any atom is 0.277 e. The van der Waals surface area contributed by atoms with Gasteiger partial charge in [-0.2, -0.15) is 16.7 Å². The molecule has 0 aliphatic carbocycles. The number of hydrogen-bond donors (Lipinski definition) is 1. The first-order valence-corrected chi connectivity index (χ1v) is 6.71. The van der Waals surface area contributed by atoms with Crippen molar-refractivity contribution in [1.82, 2.24) is 9.55 Å². The van der Waals surface area contributed by atoms with Crippen molar-refractivity contribution in [2.24, 2.45) is 5.73 Å². The van der Waals surface area contributed by atoms with Crippen LogP contribution in [-0.2, 0) is 13.1 Å². The molecule has 4 nitrogen and oxygen atoms in total. The van der Waals surface area contributed by atoms with Gasteiger partial charge in [-0.1, -0.05) is 6.42 Å². The number of nitrogens with two attached hydrogens (primary N) is 1. The smallest absolute Gasteiger partial charge is 0.277 e. The third-order valence-electron chi connectivity index (χ3n) is 2.83. The van der Waals surface area contributed by atoms with E-state index in [1.54, 1.807) is 6.33 Å². The van der Waals surface area contributed by atoms with Crippen LogP contribution in [-0.4, -0.2) is 20.6 Å². The van der Waals surface area contributed by atoms with Crippen molar-refractivity contribution in [3.05, 3.63) is 28.4 Å². The molecule has 1 aliphatic heterocycles. The summed E-state index contributed by atoms with van der Waals surface area (Å²) in [4.78, 5) is 15.1. The van der Waals surface area contributed by atoms with Crippen molar-refractivity contribution in [2.75, 3.05) is 5.75 Å². The molecular weight excluding hydrogens is 222 g/mol. The Balaban J connectivity index is 2.06. The highest BCUT2D eigenvalue weighted by atomic mass is 32.2. The Kier molecular flexibility index (Phi) is 4.01. The number of hydrogen-bond acceptors (Lipinski definition) is 4. The van der Waals surface area contributed by atoms with E-state index in [2.05, 4.69) is 4.98 Å². The second kappa shape index (κ2) is 5.50. The van der Waals surface area contributed by atoms with Crippen molar-refractivity contribution >= 4 is 11.8 Å². The first kappa shape index (κ1) is 11.7. The highest BCUT2D eigenvalue weighted by Gasteiger charge is 2.14. The standard InChI is InChI=1S/C11H17N3OS/c12-5-9-6-14(8-13-11(9)15)7-10-3-1-2-4-16-10/h6,8,10H,1-5,7,12H2. The first-order chi connectivity index (χ1) is 7.79. The largest absolute Gasteiger partial charge is 0.337 e. The molecule has 0 spiro atoms. The van der Waals surface area contributed by atoms with Crippen LogP contribution in [0.2, 0.25) is 0 Å². The van der Waals surface area contributed by atoms with Gasteiger partial charge in [-0.25, -0.2) is 0 Å². The topological polar surface area (TPSA) is 60.9 Å². The second-order valence-electron chi connectivity index (χ2n) is 4.09. The number of thioether (sulfide) groups is 1. The summed E-state index contributed by atoms with van der Waals surface area (Å²) >= 11 is 2.02. The molecule has 1 atom stereocenters. The fourth-order valence-electron chi connectivity index (χ4n) is 1.92. The lowest BCUT2D eigenvalue weighted by atomic mass is 10.2. The van der Waals surface area contributed by atoms with Crippen LogP contribution in [0.1, 0.15) is 24.8 Å². The lowest BCUT2D eigenvalue weighted by molar-refractivity contribution is 0.572. The molecule has 0 aromatic carbocycles. The van der Waals surface area contributed by atoms with E-state index in [0.717, 1.165) is 6.54 Å². The molecule has 2 rings (SSSR count). The van der Waals surface area contributed by atoms with Gasteiger partial charge in [-0.15, -0.1) is 0 Å². The summed E-state index contributed by atoms with van der Waals surface area (Å²) in [6.07, 6.45) is 7.36. The zero-order valence-corrected chi connectivity index (χ0v) is 10.1. The Bertz CT molecular complexity index is 398. The first-order valence-electron chi connectivity index (χ1n) is 5.66. The SMILES string of the molecule is NCc1cn(CC2CCCCS2)cnc1=O. The predicted octanol–water partition coefficient (Wildman–Crippen LogP) is 0.988. The molecule has 16 heavy (non-hydrogen) atoms. The van der Waals surface area contributed by atoms with Crippen LogP contribution in [0, 0.1) is 0 Å². The molecule has 0 saturated carbocycles. The molecule has 88 valence electrons. The average molecular weight is 239 g/mol. The summed E-state index contributed by atoms with van der Waals surface area (Å²) in [5.74, 6) is 1.25. The van der Waals surface area contributed by atoms with Crippen LogP contribution in [0.3, 0.4) is 0 Å². The molecule has 0 bridgehead atoms. The van der Waals surface area contributed by atoms with Crippen LogP contribution in [0.4, 0.5) is 0 Å². The zero-order chi connectivity index (χ0) is 11.4. The molecule has 5 heteroatoms. The van der Waals surface area contributed by atoms with Gasteiger partial charge in [-0.3, -0.25) is 4.79 Å². The van der Waals surface area contributed by atoms with E-state index in [4.69, 9.17) is 5.73 Å². The highest BCUT2D eigenvalue weighted by molar-refractivity contribution is 7.99. The molecule has 1 fully saturated rings. The Labute approximate surface area is 99.3 Å². The normalized spacial score (nSPS) is 20.9. The minimum absolute atomic E-state index is 0.199. The maximum atomic E-state index is 11.3. The van der Waals surface area contributed by atoms with Crippen LogP contribution in [0.5, 0.6) is 0 Å². The van der Waals surface area contributed by atoms with E-state index in [9.17, 15) is 4.79 Å². The van der Waals surface area contributed by atoms with Gasteiger partial charge in [0.1, 0.15) is 0 Å². The van der Waals surface area contributed by atoms with E-state index in [1.165, 1.54) is 25.0 Å². The van der Waals surface area contributed by atoms with Crippen LogP contribution < -0.4 is 11.3 Å². The van der Waals surface area contributed by atoms with E-state index in [0.29, 0.717) is 10.8 Å². The molecular formula is C11H17N3OS. The van der Waals surface area contributed by atoms with Crippen molar-refractivity contribution in [3.63, 3.8) is 0 Å². The third kappa shape index (κ3) is 2.86. The average Bonchev–Trinajstić information content (AvgIpc) is 2.33. The van der Waals surface area contributed by atoms with Crippen molar-refractivity contribution in [2.45, 2.75) is 37.6 Å². The monoisotopic (exact) mass is 239 g/mol. The fraction of sp³-hybridized carbons (Fsp3) is 0.636. The van der Waals surface area contributed by atoms with E-state index in [1.807, 2.05) is 22.5 Å². The molecule has 1 aromatic heterocycles. The second-order valence-corrected chi connectivity index (χ2v) is 5.50. The van der Waals surface area contributed by atoms with Gasteiger partial charge in [0, 0.05) is 30.1 Å². The lowest BCUT2D eigenvalue weighted by Crippen LogP contribution is -2.22. The molecule has 2 N–H and O–H groups in total. The van der Waals surface area contributed by atoms with Gasteiger partial charge in [-0.05, 0) is 18.6 Å². The zero-order valence-electron chi connectivity index (χ0n) is 9.26. The summed E-state index contributed by atoms with van der Waals surface area (Å²) < 4.78 is 1.99. The maximum absolute atomic E-state index is 11.3. The summed E-state index contributed by atoms with van der Waals surface area (Å²) in [6.45, 7) is 1.20. The van der Waals surface area contributed by atoms with Gasteiger partial charge in [0.25, 0.3) is 5.56 Å². The number of nitrogens with zero attached hydrogens (tertiary/aromatic N) is 2. The molecule has 0 radical (unpaired) electrons. The predicted molar refractivity (Wildman–Crippen MR) is 66.5 cm³/mol. The highest BCUT2D eigenvalue weighted by Crippen LogP contribution is 2.25. The number of aromatic nitrogens is 2. The fourth-order valence-corrected chi connectivity index (χ4v) is 3.24. The van der Waals surface area contributed by atoms with Gasteiger partial charge < -0.3 is 10.3 Å². The van der Waals surface area contributed by atoms with E-state index >= 15 is 0 Å². The van der Waals surface area contributed by atoms with Gasteiger partial charge >= 0.3 is 0 Å². The Morgan fingerprint density at radius 2 is 2.44 bits per heavy atom. The van der Waals surface area contributed by atoms with Gasteiger partial charge in [0.05, 0.1) is 6.33 Å². The summed E-state index contributed by atoms with van der Waals surface area (Å²) in [7, 11) is 0. The Morgan fingerprint density at radius 3 is 3.12 bits per heavy atom. The van der Waals surface area contributed by atoms with Crippen LogP contribution in [0.25, 0.3) is 0 Å². The van der Waals surface area contributed by atoms with E-state index in [-0.39, 0.29) is 12.1 Å². The van der Waals surface area contributed by atoms with Crippen LogP contribution in [0.15, 0.2) is 17.3 Å². The van der Waals surface area contributed by atoms with E-state index < -0.39 is 0 Å². The molecule has 1 unspecified atom stereocenters. The van der Waals surface area contributed by atoms with Gasteiger partial charge in [0.2, 0.25) is 0 Å². The number of rotatable bonds is 3. The molecule has 1 aromatic rings. The minimum atomic E-state index is -0.199. The summed E-state index contributed by atoms with van der Waals surface area (Å²) in [6, 6.07) is 0. The van der Waals surface area contributed by atoms with Crippen molar-refractivity contribution in [3.8, 4) is 0 Å². The minimum Gasteiger partial charge on any atom is -0.337 e. The quantitative estimate of drug-likeness (QED) is 0.854. The third-order valence-corrected chi connectivity index (χ3v) is 4.21. The molecule has 1 saturated heterocycles. The van der Waals surface area contributed by atoms with Crippen molar-refractivity contribution in [1.29, 1.82) is 0 Å².